The van der Waals surface area contributed by atoms with Crippen LogP contribution >= 0.6 is 0 Å². The van der Waals surface area contributed by atoms with Crippen LogP contribution < -0.4 is 5.32 Å². The second-order valence-electron chi connectivity index (χ2n) is 7.20. The molecule has 0 saturated heterocycles. The second kappa shape index (κ2) is 5.71. The molecule has 0 aromatic rings. The first-order valence-electron chi connectivity index (χ1n) is 7.09. The van der Waals surface area contributed by atoms with Crippen molar-refractivity contribution in [2.24, 2.45) is 11.3 Å². The van der Waals surface area contributed by atoms with Gasteiger partial charge in [0.25, 0.3) is 0 Å². The molecule has 17 heavy (non-hydrogen) atoms. The Bertz CT molecular complexity index is 228. The van der Waals surface area contributed by atoms with Gasteiger partial charge in [-0.05, 0) is 65.2 Å². The van der Waals surface area contributed by atoms with Crippen LogP contribution in [0.1, 0.15) is 60.8 Å². The summed E-state index contributed by atoms with van der Waals surface area (Å²) < 4.78 is 5.72. The van der Waals surface area contributed by atoms with E-state index in [2.05, 4.69) is 46.9 Å². The molecule has 1 aliphatic rings. The fraction of sp³-hybridized carbons (Fsp3) is 1.00. The van der Waals surface area contributed by atoms with Crippen molar-refractivity contribution in [2.75, 3.05) is 13.2 Å². The molecule has 1 rings (SSSR count). The van der Waals surface area contributed by atoms with E-state index in [1.807, 2.05) is 0 Å². The number of nitrogens with one attached hydrogen (secondary N) is 1. The lowest BCUT2D eigenvalue weighted by Gasteiger charge is -2.34. The summed E-state index contributed by atoms with van der Waals surface area (Å²) in [5.41, 5.74) is 0.636. The lowest BCUT2D eigenvalue weighted by atomic mass is 9.81. The van der Waals surface area contributed by atoms with Crippen molar-refractivity contribution < 1.29 is 4.74 Å². The highest BCUT2D eigenvalue weighted by molar-refractivity contribution is 4.93. The maximum absolute atomic E-state index is 5.72. The van der Waals surface area contributed by atoms with Gasteiger partial charge in [0, 0.05) is 18.7 Å². The number of rotatable bonds is 7. The lowest BCUT2D eigenvalue weighted by molar-refractivity contribution is 0.0472. The third-order valence-electron chi connectivity index (χ3n) is 3.71. The Hall–Kier alpha value is -0.0800. The predicted octanol–water partition coefficient (Wildman–Crippen LogP) is 3.61. The summed E-state index contributed by atoms with van der Waals surface area (Å²) in [7, 11) is 0. The van der Waals surface area contributed by atoms with E-state index in [0.717, 1.165) is 19.1 Å². The highest BCUT2D eigenvalue weighted by Crippen LogP contribution is 2.47. The highest BCUT2D eigenvalue weighted by Gasteiger charge is 2.41. The fourth-order valence-corrected chi connectivity index (χ4v) is 2.21. The van der Waals surface area contributed by atoms with Crippen molar-refractivity contribution in [3.05, 3.63) is 0 Å². The van der Waals surface area contributed by atoms with Crippen LogP contribution in [0.5, 0.6) is 0 Å². The minimum Gasteiger partial charge on any atom is -0.379 e. The van der Waals surface area contributed by atoms with Crippen molar-refractivity contribution >= 4 is 0 Å². The molecule has 0 aromatic heterocycles. The molecule has 0 aromatic carbocycles. The van der Waals surface area contributed by atoms with E-state index in [1.54, 1.807) is 0 Å². The van der Waals surface area contributed by atoms with E-state index < -0.39 is 0 Å². The topological polar surface area (TPSA) is 21.3 Å². The number of hydrogen-bond acceptors (Lipinski definition) is 2. The van der Waals surface area contributed by atoms with E-state index in [9.17, 15) is 0 Å². The normalized spacial score (nSPS) is 20.6. The summed E-state index contributed by atoms with van der Waals surface area (Å²) in [4.78, 5) is 0. The van der Waals surface area contributed by atoms with Gasteiger partial charge in [-0.3, -0.25) is 0 Å². The number of ether oxygens (including phenoxy) is 1. The molecule has 1 atom stereocenters. The standard InChI is InChI=1S/C15H31NO/c1-12(2)17-10-9-15(6,13-7-8-13)11-16-14(3,4)5/h12-13,16H,7-11H2,1-6H3. The van der Waals surface area contributed by atoms with E-state index in [4.69, 9.17) is 4.74 Å². The summed E-state index contributed by atoms with van der Waals surface area (Å²) in [5.74, 6) is 0.910. The van der Waals surface area contributed by atoms with Crippen LogP contribution in [0.15, 0.2) is 0 Å². The third kappa shape index (κ3) is 5.87. The molecule has 0 bridgehead atoms. The van der Waals surface area contributed by atoms with E-state index >= 15 is 0 Å². The molecule has 0 spiro atoms. The van der Waals surface area contributed by atoms with Crippen LogP contribution in [-0.4, -0.2) is 24.8 Å². The summed E-state index contributed by atoms with van der Waals surface area (Å²) in [6, 6.07) is 0. The molecule has 2 nitrogen and oxygen atoms in total. The third-order valence-corrected chi connectivity index (χ3v) is 3.71. The molecule has 1 aliphatic carbocycles. The molecule has 0 radical (unpaired) electrons. The average molecular weight is 241 g/mol. The van der Waals surface area contributed by atoms with Crippen LogP contribution in [0.4, 0.5) is 0 Å². The van der Waals surface area contributed by atoms with Gasteiger partial charge < -0.3 is 10.1 Å². The van der Waals surface area contributed by atoms with Crippen LogP contribution in [0, 0.1) is 11.3 Å². The highest BCUT2D eigenvalue weighted by atomic mass is 16.5. The Morgan fingerprint density at radius 2 is 1.76 bits per heavy atom. The Labute approximate surface area is 108 Å². The minimum absolute atomic E-state index is 0.217. The summed E-state index contributed by atoms with van der Waals surface area (Å²) in [6.07, 6.45) is 4.35. The Balaban J connectivity index is 2.39. The molecule has 1 unspecified atom stereocenters. The Kier molecular flexibility index (Phi) is 5.03. The predicted molar refractivity (Wildman–Crippen MR) is 74.3 cm³/mol. The lowest BCUT2D eigenvalue weighted by Crippen LogP contribution is -2.44. The quantitative estimate of drug-likeness (QED) is 0.735. The summed E-state index contributed by atoms with van der Waals surface area (Å²) >= 11 is 0. The molecule has 0 aliphatic heterocycles. The molecule has 1 fully saturated rings. The van der Waals surface area contributed by atoms with Gasteiger partial charge in [0.2, 0.25) is 0 Å². The van der Waals surface area contributed by atoms with Crippen molar-refractivity contribution in [3.63, 3.8) is 0 Å². The van der Waals surface area contributed by atoms with Gasteiger partial charge in [0.05, 0.1) is 6.10 Å². The van der Waals surface area contributed by atoms with Crippen LogP contribution in [0.2, 0.25) is 0 Å². The van der Waals surface area contributed by atoms with Crippen molar-refractivity contribution in [3.8, 4) is 0 Å². The monoisotopic (exact) mass is 241 g/mol. The van der Waals surface area contributed by atoms with Gasteiger partial charge in [-0.25, -0.2) is 0 Å². The molecule has 1 saturated carbocycles. The zero-order valence-corrected chi connectivity index (χ0v) is 12.6. The van der Waals surface area contributed by atoms with Crippen LogP contribution in [-0.2, 0) is 4.74 Å². The molecular weight excluding hydrogens is 210 g/mol. The van der Waals surface area contributed by atoms with Gasteiger partial charge >= 0.3 is 0 Å². The zero-order valence-electron chi connectivity index (χ0n) is 12.6. The second-order valence-corrected chi connectivity index (χ2v) is 7.20. The first kappa shape index (κ1) is 15.0. The average Bonchev–Trinajstić information content (AvgIpc) is 2.96. The summed E-state index contributed by atoms with van der Waals surface area (Å²) in [5, 5.41) is 3.67. The minimum atomic E-state index is 0.217. The van der Waals surface area contributed by atoms with Crippen molar-refractivity contribution in [2.45, 2.75) is 72.4 Å². The van der Waals surface area contributed by atoms with Crippen LogP contribution in [0.25, 0.3) is 0 Å². The first-order valence-corrected chi connectivity index (χ1v) is 7.09. The zero-order chi connectivity index (χ0) is 13.1. The Morgan fingerprint density at radius 1 is 1.18 bits per heavy atom. The smallest absolute Gasteiger partial charge is 0.0518 e. The van der Waals surface area contributed by atoms with E-state index in [0.29, 0.717) is 11.5 Å². The van der Waals surface area contributed by atoms with Gasteiger partial charge in [-0.15, -0.1) is 0 Å². The number of hydrogen-bond donors (Lipinski definition) is 1. The van der Waals surface area contributed by atoms with E-state index in [1.165, 1.54) is 19.3 Å². The van der Waals surface area contributed by atoms with Gasteiger partial charge in [0.15, 0.2) is 0 Å². The molecule has 0 amide bonds. The van der Waals surface area contributed by atoms with Crippen LogP contribution in [0.3, 0.4) is 0 Å². The Morgan fingerprint density at radius 3 is 2.18 bits per heavy atom. The molecule has 0 heterocycles. The molecular formula is C15H31NO. The molecule has 2 heteroatoms. The fourth-order valence-electron chi connectivity index (χ4n) is 2.21. The van der Waals surface area contributed by atoms with Crippen molar-refractivity contribution in [1.29, 1.82) is 0 Å². The molecule has 102 valence electrons. The van der Waals surface area contributed by atoms with Crippen molar-refractivity contribution in [1.82, 2.24) is 5.32 Å². The van der Waals surface area contributed by atoms with Gasteiger partial charge in [-0.2, -0.15) is 0 Å². The van der Waals surface area contributed by atoms with Gasteiger partial charge in [0.1, 0.15) is 0 Å². The maximum atomic E-state index is 5.72. The maximum Gasteiger partial charge on any atom is 0.0518 e. The summed E-state index contributed by atoms with van der Waals surface area (Å²) in [6.45, 7) is 15.4. The van der Waals surface area contributed by atoms with E-state index in [-0.39, 0.29) is 5.54 Å². The SMILES string of the molecule is CC(C)OCCC(C)(CNC(C)(C)C)C1CC1. The first-order chi connectivity index (χ1) is 7.73. The van der Waals surface area contributed by atoms with Gasteiger partial charge in [-0.1, -0.05) is 6.92 Å². The molecule has 1 N–H and O–H groups in total. The largest absolute Gasteiger partial charge is 0.379 e.